The van der Waals surface area contributed by atoms with E-state index >= 15 is 0 Å². The van der Waals surface area contributed by atoms with Crippen LogP contribution in [0.4, 0.5) is 0 Å². The minimum atomic E-state index is 0. The van der Waals surface area contributed by atoms with Gasteiger partial charge in [-0.2, -0.15) is 0 Å². The summed E-state index contributed by atoms with van der Waals surface area (Å²) < 4.78 is 0. The summed E-state index contributed by atoms with van der Waals surface area (Å²) in [6.45, 7) is 3.40. The summed E-state index contributed by atoms with van der Waals surface area (Å²) in [5.41, 5.74) is 5.83. The van der Waals surface area contributed by atoms with Crippen molar-refractivity contribution in [2.45, 2.75) is 25.8 Å². The van der Waals surface area contributed by atoms with Gasteiger partial charge in [-0.25, -0.2) is 0 Å². The normalized spacial score (nSPS) is 15.2. The van der Waals surface area contributed by atoms with E-state index in [0.29, 0.717) is 0 Å². The lowest BCUT2D eigenvalue weighted by molar-refractivity contribution is 0.313. The predicted molar refractivity (Wildman–Crippen MR) is 92.5 cm³/mol. The molecule has 21 heavy (non-hydrogen) atoms. The van der Waals surface area contributed by atoms with Gasteiger partial charge in [0.15, 0.2) is 0 Å². The molecule has 0 amide bonds. The Kier molecular flexibility index (Phi) is 5.31. The number of aromatic amines is 1. The number of H-pyrrole nitrogens is 1. The van der Waals surface area contributed by atoms with Gasteiger partial charge < -0.3 is 14.8 Å². The number of halogens is 1. The fourth-order valence-corrected chi connectivity index (χ4v) is 3.28. The summed E-state index contributed by atoms with van der Waals surface area (Å²) >= 11 is 0. The summed E-state index contributed by atoms with van der Waals surface area (Å²) in [6, 6.07) is 6.73. The molecule has 1 aromatic heterocycles. The van der Waals surface area contributed by atoms with E-state index in [9.17, 15) is 0 Å². The molecule has 116 valence electrons. The first-order valence-corrected chi connectivity index (χ1v) is 7.60. The Bertz CT molecular complexity index is 603. The van der Waals surface area contributed by atoms with Crippen molar-refractivity contribution in [3.05, 3.63) is 35.0 Å². The number of hydrogen-bond donors (Lipinski definition) is 1. The Labute approximate surface area is 133 Å². The lowest BCUT2D eigenvalue weighted by Gasteiger charge is -2.22. The van der Waals surface area contributed by atoms with Crippen LogP contribution in [0, 0.1) is 0 Å². The van der Waals surface area contributed by atoms with Gasteiger partial charge in [0.25, 0.3) is 0 Å². The molecule has 1 N–H and O–H groups in total. The van der Waals surface area contributed by atoms with Gasteiger partial charge in [0.1, 0.15) is 0 Å². The number of nitrogens with one attached hydrogen (secondary N) is 1. The Morgan fingerprint density at radius 3 is 2.86 bits per heavy atom. The standard InChI is InChI=1S/C17H25N3.ClH/c1-19(2)10-5-7-13-6-4-8-16-17(13)14-12-20(3)11-9-15(14)18-16;/h4,6,8,18H,5,7,9-12H2,1-3H3;1H. The SMILES string of the molecule is CN(C)CCCc1cccc2[nH]c3c(c12)CN(C)CC3.Cl. The van der Waals surface area contributed by atoms with Crippen LogP contribution in [0.3, 0.4) is 0 Å². The Balaban J connectivity index is 0.00000161. The van der Waals surface area contributed by atoms with Gasteiger partial charge in [0.05, 0.1) is 0 Å². The van der Waals surface area contributed by atoms with E-state index in [1.165, 1.54) is 40.6 Å². The fourth-order valence-electron chi connectivity index (χ4n) is 3.28. The van der Waals surface area contributed by atoms with Gasteiger partial charge >= 0.3 is 0 Å². The minimum Gasteiger partial charge on any atom is -0.358 e. The first kappa shape index (κ1) is 16.3. The highest BCUT2D eigenvalue weighted by molar-refractivity contribution is 5.88. The summed E-state index contributed by atoms with van der Waals surface area (Å²) in [7, 11) is 6.51. The molecule has 1 aliphatic heterocycles. The highest BCUT2D eigenvalue weighted by Crippen LogP contribution is 2.30. The van der Waals surface area contributed by atoms with Gasteiger partial charge in [-0.15, -0.1) is 12.4 Å². The molecule has 1 aromatic carbocycles. The van der Waals surface area contributed by atoms with Crippen LogP contribution in [-0.2, 0) is 19.4 Å². The smallest absolute Gasteiger partial charge is 0.0462 e. The lowest BCUT2D eigenvalue weighted by atomic mass is 9.98. The molecule has 0 bridgehead atoms. The lowest BCUT2D eigenvalue weighted by Crippen LogP contribution is -2.26. The molecule has 0 saturated carbocycles. The molecule has 2 aromatic rings. The van der Waals surface area contributed by atoms with Crippen molar-refractivity contribution in [1.29, 1.82) is 0 Å². The van der Waals surface area contributed by atoms with E-state index in [4.69, 9.17) is 0 Å². The van der Waals surface area contributed by atoms with Crippen LogP contribution in [0.25, 0.3) is 10.9 Å². The number of hydrogen-bond acceptors (Lipinski definition) is 2. The van der Waals surface area contributed by atoms with Crippen LogP contribution >= 0.6 is 12.4 Å². The molecule has 0 fully saturated rings. The number of nitrogens with zero attached hydrogens (tertiary/aromatic N) is 2. The molecule has 3 rings (SSSR count). The van der Waals surface area contributed by atoms with E-state index in [1.54, 1.807) is 0 Å². The molecular weight excluding hydrogens is 282 g/mol. The van der Waals surface area contributed by atoms with Crippen molar-refractivity contribution in [3.63, 3.8) is 0 Å². The summed E-state index contributed by atoms with van der Waals surface area (Å²) in [5.74, 6) is 0. The van der Waals surface area contributed by atoms with Crippen LogP contribution in [0.1, 0.15) is 23.2 Å². The molecule has 0 aliphatic carbocycles. The minimum absolute atomic E-state index is 0. The van der Waals surface area contributed by atoms with Crippen LogP contribution in [0.5, 0.6) is 0 Å². The molecule has 0 radical (unpaired) electrons. The van der Waals surface area contributed by atoms with Crippen molar-refractivity contribution in [1.82, 2.24) is 14.8 Å². The Morgan fingerprint density at radius 2 is 2.10 bits per heavy atom. The largest absolute Gasteiger partial charge is 0.358 e. The summed E-state index contributed by atoms with van der Waals surface area (Å²) in [5, 5.41) is 1.49. The molecule has 4 heteroatoms. The zero-order valence-corrected chi connectivity index (χ0v) is 14.1. The van der Waals surface area contributed by atoms with E-state index in [1.807, 2.05) is 0 Å². The van der Waals surface area contributed by atoms with Crippen LogP contribution in [-0.4, -0.2) is 49.0 Å². The maximum Gasteiger partial charge on any atom is 0.0462 e. The molecular formula is C17H26ClN3. The van der Waals surface area contributed by atoms with Crippen LogP contribution < -0.4 is 0 Å². The highest BCUT2D eigenvalue weighted by Gasteiger charge is 2.19. The van der Waals surface area contributed by atoms with Crippen molar-refractivity contribution in [2.75, 3.05) is 34.2 Å². The first-order chi connectivity index (χ1) is 9.65. The maximum atomic E-state index is 3.64. The molecule has 0 spiro atoms. The van der Waals surface area contributed by atoms with E-state index in [0.717, 1.165) is 26.1 Å². The van der Waals surface area contributed by atoms with Crippen LogP contribution in [0.15, 0.2) is 18.2 Å². The van der Waals surface area contributed by atoms with Crippen molar-refractivity contribution < 1.29 is 0 Å². The molecule has 0 unspecified atom stereocenters. The quantitative estimate of drug-likeness (QED) is 0.938. The second-order valence-corrected chi connectivity index (χ2v) is 6.32. The first-order valence-electron chi connectivity index (χ1n) is 7.60. The maximum absolute atomic E-state index is 3.64. The fraction of sp³-hybridized carbons (Fsp3) is 0.529. The monoisotopic (exact) mass is 307 g/mol. The van der Waals surface area contributed by atoms with Gasteiger partial charge in [0, 0.05) is 36.1 Å². The van der Waals surface area contributed by atoms with Crippen molar-refractivity contribution >= 4 is 23.3 Å². The second-order valence-electron chi connectivity index (χ2n) is 6.32. The Hall–Kier alpha value is -1.03. The number of aromatic nitrogens is 1. The molecule has 0 saturated heterocycles. The van der Waals surface area contributed by atoms with Gasteiger partial charge in [-0.05, 0) is 57.7 Å². The zero-order valence-electron chi connectivity index (χ0n) is 13.3. The average Bonchev–Trinajstić information content (AvgIpc) is 2.77. The Morgan fingerprint density at radius 1 is 1.29 bits per heavy atom. The molecule has 0 atom stereocenters. The predicted octanol–water partition coefficient (Wildman–Crippen LogP) is 3.07. The van der Waals surface area contributed by atoms with E-state index in [2.05, 4.69) is 54.1 Å². The zero-order chi connectivity index (χ0) is 14.1. The number of likely N-dealkylation sites (N-methyl/N-ethyl adjacent to an activating group) is 1. The number of benzene rings is 1. The third-order valence-electron chi connectivity index (χ3n) is 4.33. The number of aryl methyl sites for hydroxylation is 1. The second kappa shape index (κ2) is 6.82. The molecule has 2 heterocycles. The van der Waals surface area contributed by atoms with Gasteiger partial charge in [0.2, 0.25) is 0 Å². The summed E-state index contributed by atoms with van der Waals surface area (Å²) in [6.07, 6.45) is 3.54. The average molecular weight is 308 g/mol. The number of fused-ring (bicyclic) bond motifs is 3. The topological polar surface area (TPSA) is 22.3 Å². The van der Waals surface area contributed by atoms with E-state index < -0.39 is 0 Å². The summed E-state index contributed by atoms with van der Waals surface area (Å²) in [4.78, 5) is 8.33. The van der Waals surface area contributed by atoms with E-state index in [-0.39, 0.29) is 12.4 Å². The van der Waals surface area contributed by atoms with Gasteiger partial charge in [-0.1, -0.05) is 12.1 Å². The third-order valence-corrected chi connectivity index (χ3v) is 4.33. The van der Waals surface area contributed by atoms with Crippen LogP contribution in [0.2, 0.25) is 0 Å². The van der Waals surface area contributed by atoms with Crippen molar-refractivity contribution in [2.24, 2.45) is 0 Å². The van der Waals surface area contributed by atoms with Crippen molar-refractivity contribution in [3.8, 4) is 0 Å². The number of rotatable bonds is 4. The highest BCUT2D eigenvalue weighted by atomic mass is 35.5. The molecule has 3 nitrogen and oxygen atoms in total. The van der Waals surface area contributed by atoms with Gasteiger partial charge in [-0.3, -0.25) is 0 Å². The molecule has 1 aliphatic rings. The third kappa shape index (κ3) is 3.42.